The van der Waals surface area contributed by atoms with E-state index in [4.69, 9.17) is 4.98 Å². The summed E-state index contributed by atoms with van der Waals surface area (Å²) in [6.45, 7) is 10.4. The van der Waals surface area contributed by atoms with E-state index in [-0.39, 0.29) is 11.0 Å². The molecule has 1 aromatic carbocycles. The number of allylic oxidation sites excluding steroid dienone is 1. The lowest BCUT2D eigenvalue weighted by molar-refractivity contribution is 0.303. The van der Waals surface area contributed by atoms with Gasteiger partial charge in [0.25, 0.3) is 5.56 Å². The minimum absolute atomic E-state index is 0.132. The van der Waals surface area contributed by atoms with Crippen LogP contribution in [-0.2, 0) is 24.8 Å². The Labute approximate surface area is 211 Å². The molecule has 186 valence electrons. The minimum Gasteiger partial charge on any atom is -0.340 e. The van der Waals surface area contributed by atoms with Crippen molar-refractivity contribution >= 4 is 22.4 Å². The van der Waals surface area contributed by atoms with Crippen LogP contribution in [0.5, 0.6) is 0 Å². The van der Waals surface area contributed by atoms with E-state index in [2.05, 4.69) is 79.8 Å². The molecule has 1 unspecified atom stereocenters. The summed E-state index contributed by atoms with van der Waals surface area (Å²) in [6, 6.07) is 10.8. The molecule has 3 aromatic heterocycles. The number of rotatable bonds is 6. The number of pyridine rings is 1. The fraction of sp³-hybridized carbons (Fsp3) is 0.357. The first-order valence-corrected chi connectivity index (χ1v) is 12.3. The van der Waals surface area contributed by atoms with Crippen molar-refractivity contribution < 1.29 is 0 Å². The predicted molar refractivity (Wildman–Crippen MR) is 144 cm³/mol. The molecule has 8 heteroatoms. The van der Waals surface area contributed by atoms with E-state index >= 15 is 0 Å². The van der Waals surface area contributed by atoms with Gasteiger partial charge < -0.3 is 10.2 Å². The van der Waals surface area contributed by atoms with Crippen LogP contribution in [-0.4, -0.2) is 49.4 Å². The third kappa shape index (κ3) is 4.33. The SMILES string of the molecule is C=CCn1c(=O)c2cnc(Nc3ccc4c(c3)CC(N(C)C)C4)cc2n1-c1ccnc(C(C)(C)C)n1. The number of benzene rings is 1. The average Bonchev–Trinajstić information content (AvgIpc) is 3.38. The Hall–Kier alpha value is -3.78. The monoisotopic (exact) mass is 483 g/mol. The van der Waals surface area contributed by atoms with Crippen molar-refractivity contribution in [3.63, 3.8) is 0 Å². The van der Waals surface area contributed by atoms with Gasteiger partial charge in [-0.1, -0.05) is 32.9 Å². The van der Waals surface area contributed by atoms with Crippen LogP contribution in [0, 0.1) is 0 Å². The van der Waals surface area contributed by atoms with Crippen LogP contribution >= 0.6 is 0 Å². The molecule has 1 N–H and O–H groups in total. The van der Waals surface area contributed by atoms with Crippen LogP contribution in [0.15, 0.2) is 60.2 Å². The molecule has 1 atom stereocenters. The number of nitrogens with one attached hydrogen (secondary N) is 1. The molecule has 1 aliphatic carbocycles. The second-order valence-corrected chi connectivity index (χ2v) is 10.7. The van der Waals surface area contributed by atoms with E-state index in [0.717, 1.165) is 24.0 Å². The van der Waals surface area contributed by atoms with Gasteiger partial charge in [-0.15, -0.1) is 6.58 Å². The smallest absolute Gasteiger partial charge is 0.276 e. The van der Waals surface area contributed by atoms with Gasteiger partial charge in [-0.3, -0.25) is 4.79 Å². The Morgan fingerprint density at radius 1 is 1.14 bits per heavy atom. The molecular weight excluding hydrogens is 450 g/mol. The largest absolute Gasteiger partial charge is 0.340 e. The number of hydrogen-bond donors (Lipinski definition) is 1. The molecule has 3 heterocycles. The molecule has 4 aromatic rings. The van der Waals surface area contributed by atoms with Crippen LogP contribution in [0.1, 0.15) is 37.7 Å². The first-order chi connectivity index (χ1) is 17.2. The molecule has 0 aliphatic heterocycles. The lowest BCUT2D eigenvalue weighted by atomic mass is 9.96. The number of aromatic nitrogens is 5. The third-order valence-electron chi connectivity index (χ3n) is 6.77. The number of fused-ring (bicyclic) bond motifs is 2. The van der Waals surface area contributed by atoms with Crippen LogP contribution in [0.3, 0.4) is 0 Å². The zero-order valence-electron chi connectivity index (χ0n) is 21.6. The number of nitrogens with zero attached hydrogens (tertiary/aromatic N) is 6. The molecule has 36 heavy (non-hydrogen) atoms. The minimum atomic E-state index is -0.226. The zero-order valence-corrected chi connectivity index (χ0v) is 21.6. The molecule has 0 fully saturated rings. The summed E-state index contributed by atoms with van der Waals surface area (Å²) in [4.78, 5) is 29.4. The Bertz CT molecular complexity index is 1510. The summed E-state index contributed by atoms with van der Waals surface area (Å²) in [5.74, 6) is 2.01. The van der Waals surface area contributed by atoms with Crippen molar-refractivity contribution in [1.29, 1.82) is 0 Å². The maximum atomic E-state index is 13.3. The molecule has 0 amide bonds. The van der Waals surface area contributed by atoms with E-state index in [1.54, 1.807) is 23.2 Å². The second kappa shape index (κ2) is 9.02. The maximum absolute atomic E-state index is 13.3. The number of hydrogen-bond acceptors (Lipinski definition) is 6. The highest BCUT2D eigenvalue weighted by Gasteiger charge is 2.24. The molecule has 5 rings (SSSR count). The third-order valence-corrected chi connectivity index (χ3v) is 6.77. The van der Waals surface area contributed by atoms with Gasteiger partial charge in [-0.2, -0.15) is 0 Å². The number of anilines is 2. The quantitative estimate of drug-likeness (QED) is 0.414. The van der Waals surface area contributed by atoms with Crippen LogP contribution in [0.25, 0.3) is 16.7 Å². The van der Waals surface area contributed by atoms with Gasteiger partial charge in [-0.05, 0) is 50.2 Å². The first-order valence-electron chi connectivity index (χ1n) is 12.3. The van der Waals surface area contributed by atoms with E-state index in [0.29, 0.717) is 35.4 Å². The molecule has 8 nitrogen and oxygen atoms in total. The summed E-state index contributed by atoms with van der Waals surface area (Å²) in [7, 11) is 4.27. The predicted octanol–water partition coefficient (Wildman–Crippen LogP) is 4.23. The molecular formula is C28H33N7O. The molecule has 0 radical (unpaired) electrons. The van der Waals surface area contributed by atoms with Crippen molar-refractivity contribution in [2.75, 3.05) is 19.4 Å². The summed E-state index contributed by atoms with van der Waals surface area (Å²) >= 11 is 0. The van der Waals surface area contributed by atoms with Gasteiger partial charge in [0.1, 0.15) is 11.6 Å². The number of likely N-dealkylation sites (N-methyl/N-ethyl adjacent to an activating group) is 1. The van der Waals surface area contributed by atoms with Crippen molar-refractivity contribution in [2.24, 2.45) is 0 Å². The Morgan fingerprint density at radius 2 is 1.92 bits per heavy atom. The van der Waals surface area contributed by atoms with Gasteiger partial charge >= 0.3 is 0 Å². The molecule has 1 aliphatic rings. The lowest BCUT2D eigenvalue weighted by Gasteiger charge is -2.18. The summed E-state index contributed by atoms with van der Waals surface area (Å²) < 4.78 is 3.47. The van der Waals surface area contributed by atoms with E-state index in [1.165, 1.54) is 11.1 Å². The van der Waals surface area contributed by atoms with Crippen LogP contribution in [0.2, 0.25) is 0 Å². The van der Waals surface area contributed by atoms with E-state index in [1.807, 2.05) is 16.8 Å². The highest BCUT2D eigenvalue weighted by molar-refractivity contribution is 5.82. The standard InChI is InChI=1S/C28H33N7O/c1-7-12-34-26(36)22-17-30-24(31-20-9-8-18-14-21(33(5)6)15-19(18)13-20)16-23(22)35(34)25-10-11-29-27(32-25)28(2,3)4/h7-11,13,16-17,21H,1,12,14-15H2,2-6H3,(H,30,31). The van der Waals surface area contributed by atoms with E-state index in [9.17, 15) is 4.79 Å². The average molecular weight is 484 g/mol. The van der Waals surface area contributed by atoms with Crippen LogP contribution < -0.4 is 10.9 Å². The van der Waals surface area contributed by atoms with Gasteiger partial charge in [0, 0.05) is 41.7 Å². The van der Waals surface area contributed by atoms with Crippen molar-refractivity contribution in [2.45, 2.75) is 51.6 Å². The molecule has 0 spiro atoms. The maximum Gasteiger partial charge on any atom is 0.276 e. The Balaban J connectivity index is 1.57. The molecule has 0 saturated carbocycles. The Kier molecular flexibility index (Phi) is 6.00. The summed E-state index contributed by atoms with van der Waals surface area (Å²) in [6.07, 6.45) is 7.20. The summed E-state index contributed by atoms with van der Waals surface area (Å²) in [5, 5.41) is 3.97. The lowest BCUT2D eigenvalue weighted by Crippen LogP contribution is -2.27. The van der Waals surface area contributed by atoms with Crippen LogP contribution in [0.4, 0.5) is 11.5 Å². The Morgan fingerprint density at radius 3 is 2.64 bits per heavy atom. The topological polar surface area (TPSA) is 80.9 Å². The summed E-state index contributed by atoms with van der Waals surface area (Å²) in [5.41, 5.74) is 4.12. The van der Waals surface area contributed by atoms with Gasteiger partial charge in [0.2, 0.25) is 0 Å². The molecule has 0 bridgehead atoms. The van der Waals surface area contributed by atoms with Crippen molar-refractivity contribution in [1.82, 2.24) is 29.2 Å². The highest BCUT2D eigenvalue weighted by atomic mass is 16.1. The fourth-order valence-corrected chi connectivity index (χ4v) is 4.76. The van der Waals surface area contributed by atoms with Crippen molar-refractivity contribution in [3.8, 4) is 5.82 Å². The van der Waals surface area contributed by atoms with Gasteiger partial charge in [0.05, 0.1) is 17.4 Å². The molecule has 0 saturated heterocycles. The van der Waals surface area contributed by atoms with Gasteiger partial charge in [0.15, 0.2) is 5.82 Å². The van der Waals surface area contributed by atoms with Crippen molar-refractivity contribution in [3.05, 3.63) is 82.7 Å². The highest BCUT2D eigenvalue weighted by Crippen LogP contribution is 2.29. The fourth-order valence-electron chi connectivity index (χ4n) is 4.76. The first kappa shape index (κ1) is 23.9. The zero-order chi connectivity index (χ0) is 25.6. The van der Waals surface area contributed by atoms with Gasteiger partial charge in [-0.25, -0.2) is 24.3 Å². The van der Waals surface area contributed by atoms with E-state index < -0.39 is 0 Å². The normalized spacial score (nSPS) is 15.4. The second-order valence-electron chi connectivity index (χ2n) is 10.7.